The van der Waals surface area contributed by atoms with Gasteiger partial charge in [0.15, 0.2) is 5.43 Å². The molecule has 1 aromatic rings. The summed E-state index contributed by atoms with van der Waals surface area (Å²) >= 11 is 0. The Labute approximate surface area is 92.2 Å². The maximum Gasteiger partial charge on any atom is 0.181 e. The summed E-state index contributed by atoms with van der Waals surface area (Å²) < 4.78 is 0. The molecule has 15 heavy (non-hydrogen) atoms. The van der Waals surface area contributed by atoms with Crippen molar-refractivity contribution in [2.24, 2.45) is 0 Å². The quantitative estimate of drug-likeness (QED) is 0.671. The molecule has 1 rings (SSSR count). The van der Waals surface area contributed by atoms with Gasteiger partial charge in [0.05, 0.1) is 0 Å². The van der Waals surface area contributed by atoms with Gasteiger partial charge in [-0.25, -0.2) is 0 Å². The molecule has 1 heteroatoms. The largest absolute Gasteiger partial charge is 0.290 e. The topological polar surface area (TPSA) is 17.1 Å². The Balaban J connectivity index is 2.59. The second kappa shape index (κ2) is 6.39. The molecule has 0 N–H and O–H groups in total. The summed E-state index contributed by atoms with van der Waals surface area (Å²) in [5, 5.41) is 0. The lowest BCUT2D eigenvalue weighted by molar-refractivity contribution is 0.667. The van der Waals surface area contributed by atoms with Gasteiger partial charge in [0.2, 0.25) is 0 Å². The van der Waals surface area contributed by atoms with E-state index in [1.807, 2.05) is 19.1 Å². The fourth-order valence-corrected chi connectivity index (χ4v) is 1.70. The van der Waals surface area contributed by atoms with E-state index in [1.54, 1.807) is 6.07 Å². The van der Waals surface area contributed by atoms with Crippen LogP contribution in [0.25, 0.3) is 0 Å². The molecule has 0 radical (unpaired) electrons. The van der Waals surface area contributed by atoms with Gasteiger partial charge in [-0.05, 0) is 37.0 Å². The number of hydrogen-bond donors (Lipinski definition) is 0. The van der Waals surface area contributed by atoms with Crippen molar-refractivity contribution in [3.63, 3.8) is 0 Å². The van der Waals surface area contributed by atoms with Gasteiger partial charge in [-0.3, -0.25) is 4.79 Å². The first-order valence-corrected chi connectivity index (χ1v) is 5.84. The molecule has 0 spiro atoms. The fourth-order valence-electron chi connectivity index (χ4n) is 1.70. The highest BCUT2D eigenvalue weighted by atomic mass is 16.1. The van der Waals surface area contributed by atoms with Crippen molar-refractivity contribution >= 4 is 0 Å². The maximum atomic E-state index is 11.3. The summed E-state index contributed by atoms with van der Waals surface area (Å²) in [6, 6.07) is 7.59. The Kier molecular flexibility index (Phi) is 5.09. The Morgan fingerprint density at radius 2 is 1.93 bits per heavy atom. The summed E-state index contributed by atoms with van der Waals surface area (Å²) in [5.41, 5.74) is 2.27. The fraction of sp³-hybridized carbons (Fsp3) is 0.500. The lowest BCUT2D eigenvalue weighted by Crippen LogP contribution is -1.97. The lowest BCUT2D eigenvalue weighted by atomic mass is 10.1. The van der Waals surface area contributed by atoms with E-state index < -0.39 is 0 Å². The standard InChI is InChI=1S/C14H20O/c1-3-4-5-6-8-13-9-7-10-14(15)12(2)11-13/h7,9-11H,3-6,8H2,1-2H3. The Morgan fingerprint density at radius 3 is 2.67 bits per heavy atom. The van der Waals surface area contributed by atoms with Crippen LogP contribution in [0.5, 0.6) is 0 Å². The first-order valence-electron chi connectivity index (χ1n) is 5.84. The van der Waals surface area contributed by atoms with E-state index >= 15 is 0 Å². The van der Waals surface area contributed by atoms with E-state index in [0.717, 1.165) is 12.0 Å². The van der Waals surface area contributed by atoms with Crippen molar-refractivity contribution in [3.05, 3.63) is 45.6 Å². The molecular weight excluding hydrogens is 184 g/mol. The van der Waals surface area contributed by atoms with Crippen LogP contribution in [0.2, 0.25) is 0 Å². The normalized spacial score (nSPS) is 10.3. The Bertz CT molecular complexity index is 355. The third-order valence-corrected chi connectivity index (χ3v) is 2.67. The maximum absolute atomic E-state index is 11.3. The smallest absolute Gasteiger partial charge is 0.181 e. The number of rotatable bonds is 5. The summed E-state index contributed by atoms with van der Waals surface area (Å²) in [4.78, 5) is 11.3. The molecule has 0 aliphatic heterocycles. The number of unbranched alkanes of at least 4 members (excludes halogenated alkanes) is 3. The van der Waals surface area contributed by atoms with Crippen LogP contribution >= 0.6 is 0 Å². The predicted octanol–water partition coefficient (Wildman–Crippen LogP) is 3.48. The Morgan fingerprint density at radius 1 is 1.13 bits per heavy atom. The van der Waals surface area contributed by atoms with Crippen LogP contribution < -0.4 is 5.43 Å². The zero-order chi connectivity index (χ0) is 11.1. The summed E-state index contributed by atoms with van der Waals surface area (Å²) in [7, 11) is 0. The molecule has 82 valence electrons. The summed E-state index contributed by atoms with van der Waals surface area (Å²) in [5.74, 6) is 0. The highest BCUT2D eigenvalue weighted by Gasteiger charge is 1.95. The first-order chi connectivity index (χ1) is 7.24. The third-order valence-electron chi connectivity index (χ3n) is 2.67. The number of aryl methyl sites for hydroxylation is 2. The van der Waals surface area contributed by atoms with E-state index in [-0.39, 0.29) is 5.43 Å². The molecule has 0 fully saturated rings. The predicted molar refractivity (Wildman–Crippen MR) is 65.3 cm³/mol. The van der Waals surface area contributed by atoms with Crippen LogP contribution in [-0.2, 0) is 6.42 Å². The van der Waals surface area contributed by atoms with Crippen LogP contribution in [0.3, 0.4) is 0 Å². The molecule has 0 saturated heterocycles. The SMILES string of the molecule is CCCCCCc1cccc(=O)c(C)c1. The zero-order valence-corrected chi connectivity index (χ0v) is 9.75. The van der Waals surface area contributed by atoms with Crippen LogP contribution in [0.15, 0.2) is 29.1 Å². The highest BCUT2D eigenvalue weighted by molar-refractivity contribution is 5.20. The molecule has 0 unspecified atom stereocenters. The van der Waals surface area contributed by atoms with Gasteiger partial charge >= 0.3 is 0 Å². The molecule has 1 nitrogen and oxygen atoms in total. The monoisotopic (exact) mass is 204 g/mol. The van der Waals surface area contributed by atoms with Gasteiger partial charge in [0.25, 0.3) is 0 Å². The minimum absolute atomic E-state index is 0.134. The molecule has 0 heterocycles. The highest BCUT2D eigenvalue weighted by Crippen LogP contribution is 2.07. The lowest BCUT2D eigenvalue weighted by Gasteiger charge is -1.98. The molecule has 0 bridgehead atoms. The van der Waals surface area contributed by atoms with E-state index in [2.05, 4.69) is 13.0 Å². The molecule has 0 atom stereocenters. The molecule has 0 aliphatic carbocycles. The summed E-state index contributed by atoms with van der Waals surface area (Å²) in [6.07, 6.45) is 6.19. The van der Waals surface area contributed by atoms with E-state index in [0.29, 0.717) is 0 Å². The third kappa shape index (κ3) is 4.28. The van der Waals surface area contributed by atoms with Gasteiger partial charge < -0.3 is 0 Å². The van der Waals surface area contributed by atoms with Crippen LogP contribution in [-0.4, -0.2) is 0 Å². The molecular formula is C14H20O. The Hall–Kier alpha value is -1.11. The van der Waals surface area contributed by atoms with Crippen LogP contribution in [0.4, 0.5) is 0 Å². The van der Waals surface area contributed by atoms with Crippen molar-refractivity contribution in [1.29, 1.82) is 0 Å². The molecule has 1 aromatic carbocycles. The van der Waals surface area contributed by atoms with E-state index in [1.165, 1.54) is 31.2 Å². The molecule has 0 amide bonds. The van der Waals surface area contributed by atoms with Crippen molar-refractivity contribution in [1.82, 2.24) is 0 Å². The van der Waals surface area contributed by atoms with E-state index in [9.17, 15) is 4.79 Å². The van der Waals surface area contributed by atoms with Crippen LogP contribution in [0.1, 0.15) is 43.7 Å². The summed E-state index contributed by atoms with van der Waals surface area (Å²) in [6.45, 7) is 4.11. The van der Waals surface area contributed by atoms with Gasteiger partial charge in [0.1, 0.15) is 0 Å². The number of hydrogen-bond acceptors (Lipinski definition) is 1. The molecule has 0 aliphatic rings. The zero-order valence-electron chi connectivity index (χ0n) is 9.75. The second-order valence-corrected chi connectivity index (χ2v) is 4.10. The van der Waals surface area contributed by atoms with Gasteiger partial charge in [-0.15, -0.1) is 0 Å². The average Bonchev–Trinajstić information content (AvgIpc) is 2.37. The average molecular weight is 204 g/mol. The van der Waals surface area contributed by atoms with E-state index in [4.69, 9.17) is 0 Å². The van der Waals surface area contributed by atoms with Gasteiger partial charge in [-0.1, -0.05) is 44.4 Å². The van der Waals surface area contributed by atoms with Gasteiger partial charge in [0, 0.05) is 0 Å². The molecule has 0 saturated carbocycles. The second-order valence-electron chi connectivity index (χ2n) is 4.10. The van der Waals surface area contributed by atoms with Crippen molar-refractivity contribution in [2.45, 2.75) is 46.0 Å². The van der Waals surface area contributed by atoms with Gasteiger partial charge in [-0.2, -0.15) is 0 Å². The van der Waals surface area contributed by atoms with Crippen molar-refractivity contribution in [2.75, 3.05) is 0 Å². The minimum atomic E-state index is 0.134. The molecule has 0 aromatic heterocycles. The van der Waals surface area contributed by atoms with Crippen molar-refractivity contribution < 1.29 is 0 Å². The van der Waals surface area contributed by atoms with Crippen LogP contribution in [0, 0.1) is 6.92 Å². The first kappa shape index (κ1) is 12.0. The minimum Gasteiger partial charge on any atom is -0.290 e. The van der Waals surface area contributed by atoms with Crippen molar-refractivity contribution in [3.8, 4) is 0 Å².